The predicted molar refractivity (Wildman–Crippen MR) is 171 cm³/mol. The molecule has 3 aromatic carbocycles. The molecule has 0 aliphatic heterocycles. The highest BCUT2D eigenvalue weighted by molar-refractivity contribution is 5.97. The van der Waals surface area contributed by atoms with Crippen LogP contribution < -0.4 is 9.47 Å². The molecule has 0 saturated carbocycles. The lowest BCUT2D eigenvalue weighted by molar-refractivity contribution is -0.135. The Labute approximate surface area is 256 Å². The second-order valence-electron chi connectivity index (χ2n) is 11.4. The van der Waals surface area contributed by atoms with E-state index in [2.05, 4.69) is 6.92 Å². The van der Waals surface area contributed by atoms with Crippen molar-refractivity contribution in [3.63, 3.8) is 0 Å². The van der Waals surface area contributed by atoms with E-state index in [4.69, 9.17) is 9.47 Å². The minimum atomic E-state index is -1.20. The summed E-state index contributed by atoms with van der Waals surface area (Å²) in [5.74, 6) is -1.29. The summed E-state index contributed by atoms with van der Waals surface area (Å²) in [6.45, 7) is 6.68. The maximum atomic E-state index is 15.6. The summed E-state index contributed by atoms with van der Waals surface area (Å²) in [5.41, 5.74) is 2.12. The van der Waals surface area contributed by atoms with Gasteiger partial charge in [0, 0.05) is 12.0 Å². The highest BCUT2D eigenvalue weighted by atomic mass is 19.1. The minimum absolute atomic E-state index is 0.0168. The first-order chi connectivity index (χ1) is 20.8. The fraction of sp³-hybridized carbons (Fsp3) is 0.459. The van der Waals surface area contributed by atoms with E-state index in [1.165, 1.54) is 57.1 Å². The summed E-state index contributed by atoms with van der Waals surface area (Å²) in [4.78, 5) is 24.0. The third-order valence-corrected chi connectivity index (χ3v) is 7.90. The number of esters is 1. The van der Waals surface area contributed by atoms with Crippen LogP contribution in [-0.2, 0) is 4.79 Å². The van der Waals surface area contributed by atoms with Gasteiger partial charge in [-0.25, -0.2) is 9.18 Å². The molecule has 0 bridgehead atoms. The Morgan fingerprint density at radius 3 is 1.84 bits per heavy atom. The number of hydrogen-bond donors (Lipinski definition) is 1. The normalized spacial score (nSPS) is 11.7. The number of hydrogen-bond acceptors (Lipinski definition) is 4. The van der Waals surface area contributed by atoms with Gasteiger partial charge in [0.1, 0.15) is 5.75 Å². The lowest BCUT2D eigenvalue weighted by atomic mass is 9.96. The van der Waals surface area contributed by atoms with Gasteiger partial charge >= 0.3 is 11.9 Å². The number of unbranched alkanes of at least 4 members (excludes halogenated alkanes) is 9. The second-order valence-corrected chi connectivity index (χ2v) is 11.4. The van der Waals surface area contributed by atoms with Crippen LogP contribution in [0.1, 0.15) is 108 Å². The fourth-order valence-electron chi connectivity index (χ4n) is 5.05. The van der Waals surface area contributed by atoms with Crippen molar-refractivity contribution < 1.29 is 28.6 Å². The number of halogens is 1. The Morgan fingerprint density at radius 2 is 1.28 bits per heavy atom. The number of carboxylic acids is 1. The van der Waals surface area contributed by atoms with Crippen LogP contribution in [0.25, 0.3) is 22.3 Å². The molecule has 0 amide bonds. The Morgan fingerprint density at radius 1 is 0.744 bits per heavy atom. The van der Waals surface area contributed by atoms with E-state index in [9.17, 15) is 14.7 Å². The number of benzene rings is 3. The summed E-state index contributed by atoms with van der Waals surface area (Å²) < 4.78 is 26.8. The molecule has 3 rings (SSSR count). The van der Waals surface area contributed by atoms with Gasteiger partial charge in [-0.2, -0.15) is 0 Å². The zero-order valence-corrected chi connectivity index (χ0v) is 26.0. The van der Waals surface area contributed by atoms with Crippen LogP contribution in [0.4, 0.5) is 4.39 Å². The molecule has 0 aliphatic rings. The van der Waals surface area contributed by atoms with Crippen molar-refractivity contribution in [2.24, 2.45) is 5.92 Å². The van der Waals surface area contributed by atoms with E-state index >= 15 is 4.39 Å². The van der Waals surface area contributed by atoms with Crippen LogP contribution in [0.5, 0.6) is 11.5 Å². The Bertz CT molecular complexity index is 1280. The van der Waals surface area contributed by atoms with E-state index in [0.29, 0.717) is 24.3 Å². The van der Waals surface area contributed by atoms with E-state index in [1.807, 2.05) is 38.1 Å². The van der Waals surface area contributed by atoms with Crippen molar-refractivity contribution in [1.29, 1.82) is 0 Å². The second kappa shape index (κ2) is 18.1. The number of carbonyl (C=O) groups is 2. The van der Waals surface area contributed by atoms with Crippen molar-refractivity contribution in [2.45, 2.75) is 97.8 Å². The molecule has 3 aromatic rings. The van der Waals surface area contributed by atoms with Gasteiger partial charge < -0.3 is 14.6 Å². The first-order valence-electron chi connectivity index (χ1n) is 15.9. The van der Waals surface area contributed by atoms with Crippen molar-refractivity contribution in [3.05, 3.63) is 72.0 Å². The van der Waals surface area contributed by atoms with Crippen LogP contribution in [0, 0.1) is 11.7 Å². The maximum absolute atomic E-state index is 15.6. The molecule has 1 N–H and O–H groups in total. The Hall–Kier alpha value is -3.67. The molecular weight excluding hydrogens is 543 g/mol. The third kappa shape index (κ3) is 10.8. The van der Waals surface area contributed by atoms with Crippen LogP contribution in [0.3, 0.4) is 0 Å². The highest BCUT2D eigenvalue weighted by Gasteiger charge is 2.20. The molecule has 232 valence electrons. The number of carbonyl (C=O) groups excluding carboxylic acids is 1. The average molecular weight is 591 g/mol. The quantitative estimate of drug-likeness (QED) is 0.0854. The number of carboxylic acid groups (broad SMARTS) is 1. The van der Waals surface area contributed by atoms with E-state index in [1.54, 1.807) is 24.3 Å². The maximum Gasteiger partial charge on any atom is 0.336 e. The van der Waals surface area contributed by atoms with Gasteiger partial charge in [0.05, 0.1) is 12.2 Å². The molecule has 0 aromatic heterocycles. The van der Waals surface area contributed by atoms with E-state index in [0.717, 1.165) is 36.8 Å². The van der Waals surface area contributed by atoms with E-state index < -0.39 is 11.8 Å². The molecule has 0 saturated heterocycles. The zero-order valence-electron chi connectivity index (χ0n) is 26.0. The predicted octanol–water partition coefficient (Wildman–Crippen LogP) is 10.5. The molecule has 0 aliphatic carbocycles. The molecule has 0 heterocycles. The molecule has 0 radical (unpaired) electrons. The number of aromatic carboxylic acids is 1. The van der Waals surface area contributed by atoms with Gasteiger partial charge in [-0.15, -0.1) is 0 Å². The lowest BCUT2D eigenvalue weighted by Gasteiger charge is -2.14. The summed E-state index contributed by atoms with van der Waals surface area (Å²) in [5, 5.41) is 9.76. The van der Waals surface area contributed by atoms with Crippen molar-refractivity contribution in [1.82, 2.24) is 0 Å². The molecule has 0 fully saturated rings. The first kappa shape index (κ1) is 33.8. The Kier molecular flexibility index (Phi) is 14.2. The molecule has 6 heteroatoms. The largest absolute Gasteiger partial charge is 0.490 e. The molecule has 5 nitrogen and oxygen atoms in total. The summed E-state index contributed by atoms with van der Waals surface area (Å²) >= 11 is 0. The smallest absolute Gasteiger partial charge is 0.336 e. The molecular formula is C37H47FO5. The molecule has 0 spiro atoms. The Balaban J connectivity index is 1.60. The molecule has 1 atom stereocenters. The van der Waals surface area contributed by atoms with Gasteiger partial charge in [-0.1, -0.05) is 121 Å². The van der Waals surface area contributed by atoms with Crippen molar-refractivity contribution >= 4 is 11.9 Å². The van der Waals surface area contributed by atoms with Gasteiger partial charge in [-0.05, 0) is 53.3 Å². The van der Waals surface area contributed by atoms with Crippen LogP contribution in [0.15, 0.2) is 60.7 Å². The number of rotatable bonds is 19. The summed E-state index contributed by atoms with van der Waals surface area (Å²) in [6, 6.07) is 17.1. The van der Waals surface area contributed by atoms with Crippen molar-refractivity contribution in [2.75, 3.05) is 6.61 Å². The van der Waals surface area contributed by atoms with Crippen LogP contribution in [0.2, 0.25) is 0 Å². The lowest BCUT2D eigenvalue weighted by Crippen LogP contribution is -2.11. The molecule has 43 heavy (non-hydrogen) atoms. The highest BCUT2D eigenvalue weighted by Crippen LogP contribution is 2.34. The fourth-order valence-corrected chi connectivity index (χ4v) is 5.05. The van der Waals surface area contributed by atoms with Crippen LogP contribution >= 0.6 is 0 Å². The topological polar surface area (TPSA) is 72.8 Å². The SMILES string of the molecule is CCCCCCCCCCCCOc1ccc(C(=O)O)c(-c2ccc(-c3ccc(OC(=O)C[C@@H](C)CC)cc3)cc2)c1F. The first-order valence-corrected chi connectivity index (χ1v) is 15.9. The van der Waals surface area contributed by atoms with Gasteiger partial charge in [0.2, 0.25) is 0 Å². The monoisotopic (exact) mass is 590 g/mol. The standard InChI is InChI=1S/C37H47FO5/c1-4-6-7-8-9-10-11-12-13-14-25-42-33-24-23-32(37(40)41)35(36(33)38)30-17-15-28(16-18-30)29-19-21-31(22-20-29)43-34(39)26-27(3)5-2/h15-24,27H,4-14,25-26H2,1-3H3,(H,40,41)/t27-/m0/s1. The van der Waals surface area contributed by atoms with E-state index in [-0.39, 0.29) is 28.8 Å². The van der Waals surface area contributed by atoms with Gasteiger partial charge in [0.15, 0.2) is 11.6 Å². The van der Waals surface area contributed by atoms with Gasteiger partial charge in [0.25, 0.3) is 0 Å². The summed E-state index contributed by atoms with van der Waals surface area (Å²) in [6.07, 6.45) is 13.3. The summed E-state index contributed by atoms with van der Waals surface area (Å²) in [7, 11) is 0. The van der Waals surface area contributed by atoms with Gasteiger partial charge in [-0.3, -0.25) is 4.79 Å². The number of ether oxygens (including phenoxy) is 2. The third-order valence-electron chi connectivity index (χ3n) is 7.90. The molecule has 0 unspecified atom stereocenters. The minimum Gasteiger partial charge on any atom is -0.490 e. The zero-order chi connectivity index (χ0) is 31.0. The average Bonchev–Trinajstić information content (AvgIpc) is 3.00. The van der Waals surface area contributed by atoms with Crippen molar-refractivity contribution in [3.8, 4) is 33.8 Å². The van der Waals surface area contributed by atoms with Crippen LogP contribution in [-0.4, -0.2) is 23.7 Å².